The predicted molar refractivity (Wildman–Crippen MR) is 102 cm³/mol. The molecule has 2 amide bonds. The number of benzene rings is 2. The molecule has 0 aliphatic carbocycles. The third-order valence-electron chi connectivity index (χ3n) is 4.52. The zero-order valence-electron chi connectivity index (χ0n) is 15.7. The molecule has 2 aromatic rings. The summed E-state index contributed by atoms with van der Waals surface area (Å²) in [4.78, 5) is 27.4. The smallest absolute Gasteiger partial charge is 0.421 e. The molecule has 0 N–H and O–H groups in total. The van der Waals surface area contributed by atoms with Crippen LogP contribution in [0.3, 0.4) is 0 Å². The Morgan fingerprint density at radius 1 is 1.22 bits per heavy atom. The van der Waals surface area contributed by atoms with Crippen molar-refractivity contribution in [2.45, 2.75) is 38.2 Å². The minimum atomic E-state index is -1.22. The van der Waals surface area contributed by atoms with Crippen LogP contribution in [-0.4, -0.2) is 17.6 Å². The summed E-state index contributed by atoms with van der Waals surface area (Å²) >= 11 is 0. The van der Waals surface area contributed by atoms with Gasteiger partial charge in [0, 0.05) is 0 Å². The summed E-state index contributed by atoms with van der Waals surface area (Å²) in [6, 6.07) is 13.0. The number of anilines is 1. The summed E-state index contributed by atoms with van der Waals surface area (Å²) < 4.78 is 19.5. The average Bonchev–Trinajstić information content (AvgIpc) is 2.84. The van der Waals surface area contributed by atoms with Crippen LogP contribution >= 0.6 is 0 Å². The van der Waals surface area contributed by atoms with Gasteiger partial charge in [0.05, 0.1) is 5.69 Å². The minimum absolute atomic E-state index is 0.228. The van der Waals surface area contributed by atoms with Crippen molar-refractivity contribution >= 4 is 17.7 Å². The van der Waals surface area contributed by atoms with Gasteiger partial charge in [0.2, 0.25) is 0 Å². The van der Waals surface area contributed by atoms with E-state index < -0.39 is 28.8 Å². The first-order valence-corrected chi connectivity index (χ1v) is 8.75. The van der Waals surface area contributed by atoms with Gasteiger partial charge in [-0.2, -0.15) is 0 Å². The van der Waals surface area contributed by atoms with Gasteiger partial charge in [-0.15, -0.1) is 6.58 Å². The molecule has 140 valence electrons. The molecule has 4 nitrogen and oxygen atoms in total. The van der Waals surface area contributed by atoms with Crippen molar-refractivity contribution < 1.29 is 18.7 Å². The number of amides is 2. The van der Waals surface area contributed by atoms with Gasteiger partial charge in [-0.1, -0.05) is 36.4 Å². The summed E-state index contributed by atoms with van der Waals surface area (Å²) in [6.07, 6.45) is 1.06. The van der Waals surface area contributed by atoms with Crippen LogP contribution in [0.2, 0.25) is 0 Å². The third-order valence-corrected chi connectivity index (χ3v) is 4.52. The van der Waals surface area contributed by atoms with Crippen molar-refractivity contribution in [1.82, 2.24) is 0 Å². The van der Waals surface area contributed by atoms with Gasteiger partial charge in [0.25, 0.3) is 5.91 Å². The van der Waals surface area contributed by atoms with Gasteiger partial charge in [0.1, 0.15) is 16.8 Å². The normalized spacial score (nSPS) is 19.0. The zero-order valence-corrected chi connectivity index (χ0v) is 15.7. The number of allylic oxidation sites excluding steroid dienone is 1. The molecule has 5 heteroatoms. The maximum Gasteiger partial charge on any atom is 0.421 e. The number of rotatable bonds is 3. The summed E-state index contributed by atoms with van der Waals surface area (Å²) in [5.74, 6) is -0.944. The van der Waals surface area contributed by atoms with Crippen molar-refractivity contribution in [3.05, 3.63) is 78.1 Å². The standard InChI is InChI=1S/C22H22FNO3/c1-5-13-22(15-9-7-6-8-10-15)17-14-16(23)11-12-18(17)24(19(22)25)20(26)27-21(2,3)4/h5-12,14H,1,13H2,2-4H3/t22-/m0/s1. The third kappa shape index (κ3) is 3.14. The summed E-state index contributed by atoms with van der Waals surface area (Å²) in [7, 11) is 0. The van der Waals surface area contributed by atoms with E-state index in [2.05, 4.69) is 6.58 Å². The Hall–Kier alpha value is -2.95. The van der Waals surface area contributed by atoms with E-state index in [0.717, 1.165) is 4.90 Å². The number of imide groups is 1. The lowest BCUT2D eigenvalue weighted by atomic mass is 9.73. The van der Waals surface area contributed by atoms with E-state index in [1.54, 1.807) is 39.0 Å². The number of nitrogens with zero attached hydrogens (tertiary/aromatic N) is 1. The molecule has 1 heterocycles. The van der Waals surface area contributed by atoms with Gasteiger partial charge < -0.3 is 4.74 Å². The highest BCUT2D eigenvalue weighted by molar-refractivity contribution is 6.22. The molecule has 0 fully saturated rings. The van der Waals surface area contributed by atoms with Crippen LogP contribution in [0.25, 0.3) is 0 Å². The maximum atomic E-state index is 14.1. The molecule has 1 aliphatic heterocycles. The molecule has 0 radical (unpaired) electrons. The Morgan fingerprint density at radius 3 is 2.48 bits per heavy atom. The molecule has 0 spiro atoms. The average molecular weight is 367 g/mol. The second-order valence-electron chi connectivity index (χ2n) is 7.55. The Bertz CT molecular complexity index is 902. The number of hydrogen-bond donors (Lipinski definition) is 0. The Kier molecular flexibility index (Phi) is 4.64. The number of carbonyl (C=O) groups excluding carboxylic acids is 2. The van der Waals surface area contributed by atoms with Crippen LogP contribution in [0.1, 0.15) is 38.3 Å². The van der Waals surface area contributed by atoms with Gasteiger partial charge in [-0.25, -0.2) is 14.1 Å². The lowest BCUT2D eigenvalue weighted by Gasteiger charge is -2.29. The molecule has 1 aliphatic rings. The quantitative estimate of drug-likeness (QED) is 0.720. The Morgan fingerprint density at radius 2 is 1.89 bits per heavy atom. The lowest BCUT2D eigenvalue weighted by Crippen LogP contribution is -2.45. The van der Waals surface area contributed by atoms with Gasteiger partial charge in [-0.05, 0) is 56.5 Å². The fourth-order valence-corrected chi connectivity index (χ4v) is 3.48. The van der Waals surface area contributed by atoms with Gasteiger partial charge in [0.15, 0.2) is 0 Å². The molecule has 0 saturated carbocycles. The number of fused-ring (bicyclic) bond motifs is 1. The fourth-order valence-electron chi connectivity index (χ4n) is 3.48. The maximum absolute atomic E-state index is 14.1. The molecular weight excluding hydrogens is 345 g/mol. The molecule has 0 bridgehead atoms. The van der Waals surface area contributed by atoms with Crippen molar-refractivity contribution in [3.63, 3.8) is 0 Å². The van der Waals surface area contributed by atoms with E-state index in [9.17, 15) is 14.0 Å². The van der Waals surface area contributed by atoms with E-state index in [4.69, 9.17) is 4.74 Å². The second-order valence-corrected chi connectivity index (χ2v) is 7.55. The van der Waals surface area contributed by atoms with Gasteiger partial charge in [-0.3, -0.25) is 4.79 Å². The van der Waals surface area contributed by atoms with Crippen LogP contribution in [0.4, 0.5) is 14.9 Å². The SMILES string of the molecule is C=CC[C@@]1(c2ccccc2)C(=O)N(C(=O)OC(C)(C)C)c2ccc(F)cc21. The Labute approximate surface area is 158 Å². The largest absolute Gasteiger partial charge is 0.443 e. The van der Waals surface area contributed by atoms with Crippen LogP contribution < -0.4 is 4.90 Å². The van der Waals surface area contributed by atoms with Crippen LogP contribution in [-0.2, 0) is 14.9 Å². The Balaban J connectivity index is 2.24. The van der Waals surface area contributed by atoms with E-state index in [0.29, 0.717) is 16.8 Å². The first-order chi connectivity index (χ1) is 12.7. The number of halogens is 1. The van der Waals surface area contributed by atoms with Crippen molar-refractivity contribution in [2.75, 3.05) is 4.90 Å². The van der Waals surface area contributed by atoms with Crippen LogP contribution in [0, 0.1) is 5.82 Å². The first kappa shape index (κ1) is 18.8. The minimum Gasteiger partial charge on any atom is -0.443 e. The van der Waals surface area contributed by atoms with Crippen molar-refractivity contribution in [2.24, 2.45) is 0 Å². The van der Waals surface area contributed by atoms with Gasteiger partial charge >= 0.3 is 6.09 Å². The molecule has 27 heavy (non-hydrogen) atoms. The van der Waals surface area contributed by atoms with E-state index >= 15 is 0 Å². The summed E-state index contributed by atoms with van der Waals surface area (Å²) in [6.45, 7) is 8.96. The van der Waals surface area contributed by atoms with Crippen LogP contribution in [0.15, 0.2) is 61.2 Å². The fraction of sp³-hybridized carbons (Fsp3) is 0.273. The number of ether oxygens (including phenoxy) is 1. The molecule has 1 atom stereocenters. The van der Waals surface area contributed by atoms with Crippen molar-refractivity contribution in [1.29, 1.82) is 0 Å². The second kappa shape index (κ2) is 6.65. The highest BCUT2D eigenvalue weighted by Gasteiger charge is 2.54. The molecule has 3 rings (SSSR count). The van der Waals surface area contributed by atoms with E-state index in [1.165, 1.54) is 18.2 Å². The zero-order chi connectivity index (χ0) is 19.8. The summed E-state index contributed by atoms with van der Waals surface area (Å²) in [5.41, 5.74) is -0.552. The topological polar surface area (TPSA) is 46.6 Å². The lowest BCUT2D eigenvalue weighted by molar-refractivity contribution is -0.121. The predicted octanol–water partition coefficient (Wildman–Crippen LogP) is 4.97. The monoisotopic (exact) mass is 367 g/mol. The number of carbonyl (C=O) groups is 2. The molecular formula is C22H22FNO3. The highest BCUT2D eigenvalue weighted by atomic mass is 19.1. The van der Waals surface area contributed by atoms with E-state index in [-0.39, 0.29) is 6.42 Å². The highest BCUT2D eigenvalue weighted by Crippen LogP contribution is 2.49. The van der Waals surface area contributed by atoms with Crippen molar-refractivity contribution in [3.8, 4) is 0 Å². The summed E-state index contributed by atoms with van der Waals surface area (Å²) in [5, 5.41) is 0. The van der Waals surface area contributed by atoms with E-state index in [1.807, 2.05) is 18.2 Å². The molecule has 0 aromatic heterocycles. The molecule has 0 saturated heterocycles. The van der Waals surface area contributed by atoms with Crippen LogP contribution in [0.5, 0.6) is 0 Å². The number of hydrogen-bond acceptors (Lipinski definition) is 3. The molecule has 0 unspecified atom stereocenters. The molecule has 2 aromatic carbocycles. The first-order valence-electron chi connectivity index (χ1n) is 8.75.